The monoisotopic (exact) mass is 302 g/mol. The summed E-state index contributed by atoms with van der Waals surface area (Å²) in [5.41, 5.74) is 3.46. The van der Waals surface area contributed by atoms with Crippen LogP contribution in [-0.4, -0.2) is 16.2 Å². The summed E-state index contributed by atoms with van der Waals surface area (Å²) in [5.74, 6) is 0.710. The highest BCUT2D eigenvalue weighted by atomic mass is 16.5. The van der Waals surface area contributed by atoms with Crippen molar-refractivity contribution in [3.63, 3.8) is 0 Å². The fourth-order valence-electron chi connectivity index (χ4n) is 2.85. The van der Waals surface area contributed by atoms with Crippen molar-refractivity contribution >= 4 is 0 Å². The van der Waals surface area contributed by atoms with E-state index in [-0.39, 0.29) is 11.2 Å². The molecule has 5 heteroatoms. The Morgan fingerprint density at radius 2 is 1.73 bits per heavy atom. The second-order valence-electron chi connectivity index (χ2n) is 5.46. The maximum Gasteiger partial charge on any atom is 0.330 e. The van der Waals surface area contributed by atoms with Crippen molar-refractivity contribution in [1.29, 1.82) is 0 Å². The Kier molecular flexibility index (Phi) is 4.26. The lowest BCUT2D eigenvalue weighted by atomic mass is 9.96. The van der Waals surface area contributed by atoms with Crippen LogP contribution in [-0.2, 0) is 20.5 Å². The quantitative estimate of drug-likeness (QED) is 0.870. The summed E-state index contributed by atoms with van der Waals surface area (Å²) < 4.78 is 8.21. The van der Waals surface area contributed by atoms with Gasteiger partial charge in [-0.3, -0.25) is 9.36 Å². The van der Waals surface area contributed by atoms with E-state index in [1.165, 1.54) is 11.6 Å². The first kappa shape index (κ1) is 16.1. The zero-order chi connectivity index (χ0) is 16.6. The average Bonchev–Trinajstić information content (AvgIpc) is 2.51. The number of rotatable bonds is 3. The minimum atomic E-state index is -0.326. The molecule has 118 valence electrons. The Morgan fingerprint density at radius 3 is 2.27 bits per heavy atom. The Morgan fingerprint density at radius 1 is 1.09 bits per heavy atom. The molecule has 0 aliphatic heterocycles. The van der Waals surface area contributed by atoms with E-state index < -0.39 is 0 Å². The zero-order valence-electron chi connectivity index (χ0n) is 14.0. The second-order valence-corrected chi connectivity index (χ2v) is 5.46. The first-order chi connectivity index (χ1) is 10.3. The molecule has 1 aromatic carbocycles. The molecule has 1 aromatic heterocycles. The van der Waals surface area contributed by atoms with Gasteiger partial charge in [0, 0.05) is 25.4 Å². The molecule has 1 heterocycles. The minimum absolute atomic E-state index is 0.301. The number of ether oxygens (including phenoxy) is 1. The van der Waals surface area contributed by atoms with Crippen molar-refractivity contribution < 1.29 is 4.74 Å². The predicted molar refractivity (Wildman–Crippen MR) is 87.8 cm³/mol. The molecule has 0 bridgehead atoms. The van der Waals surface area contributed by atoms with E-state index in [4.69, 9.17) is 4.74 Å². The average molecular weight is 302 g/mol. The normalized spacial score (nSPS) is 10.8. The highest BCUT2D eigenvalue weighted by Gasteiger charge is 2.20. The summed E-state index contributed by atoms with van der Waals surface area (Å²) in [5, 5.41) is 0. The lowest BCUT2D eigenvalue weighted by Gasteiger charge is -2.18. The zero-order valence-corrected chi connectivity index (χ0v) is 14.0. The van der Waals surface area contributed by atoms with E-state index in [1.807, 2.05) is 19.1 Å². The summed E-state index contributed by atoms with van der Waals surface area (Å²) in [4.78, 5) is 24.6. The molecule has 0 amide bonds. The van der Waals surface area contributed by atoms with Crippen molar-refractivity contribution in [3.8, 4) is 16.9 Å². The first-order valence-corrected chi connectivity index (χ1v) is 7.28. The van der Waals surface area contributed by atoms with Gasteiger partial charge in [0.2, 0.25) is 0 Å². The highest BCUT2D eigenvalue weighted by Crippen LogP contribution is 2.34. The summed E-state index contributed by atoms with van der Waals surface area (Å²) in [6, 6.07) is 3.88. The molecule has 2 aromatic rings. The third-order valence-electron chi connectivity index (χ3n) is 4.28. The van der Waals surface area contributed by atoms with Crippen molar-refractivity contribution in [2.45, 2.75) is 27.2 Å². The van der Waals surface area contributed by atoms with E-state index in [2.05, 4.69) is 6.92 Å². The van der Waals surface area contributed by atoms with Gasteiger partial charge in [-0.1, -0.05) is 19.1 Å². The van der Waals surface area contributed by atoms with Crippen LogP contribution in [0.15, 0.2) is 21.7 Å². The van der Waals surface area contributed by atoms with Crippen LogP contribution in [0.5, 0.6) is 5.75 Å². The molecule has 0 radical (unpaired) electrons. The number of benzene rings is 1. The van der Waals surface area contributed by atoms with Gasteiger partial charge < -0.3 is 9.30 Å². The fraction of sp³-hybridized carbons (Fsp3) is 0.412. The summed E-state index contributed by atoms with van der Waals surface area (Å²) in [6.45, 7) is 5.86. The van der Waals surface area contributed by atoms with E-state index >= 15 is 0 Å². The third-order valence-corrected chi connectivity index (χ3v) is 4.28. The molecule has 0 aliphatic carbocycles. The Labute approximate surface area is 129 Å². The number of nitrogens with zero attached hydrogens (tertiary/aromatic N) is 2. The van der Waals surface area contributed by atoms with Gasteiger partial charge in [-0.25, -0.2) is 4.79 Å². The molecule has 0 N–H and O–H groups in total. The molecule has 0 atom stereocenters. The van der Waals surface area contributed by atoms with Crippen LogP contribution in [0.4, 0.5) is 0 Å². The molecule has 2 rings (SSSR count). The SMILES string of the molecule is CCc1c(C)ccc(-c2c(C)n(C)c(=O)n(C)c2=O)c1OC. The van der Waals surface area contributed by atoms with Crippen LogP contribution < -0.4 is 16.0 Å². The highest BCUT2D eigenvalue weighted by molar-refractivity contribution is 5.74. The number of hydrogen-bond donors (Lipinski definition) is 0. The standard InChI is InChI=1S/C17H22N2O3/c1-7-12-10(2)8-9-13(15(12)22-6)14-11(3)18(4)17(21)19(5)16(14)20/h8-9H,7H2,1-6H3. The van der Waals surface area contributed by atoms with Gasteiger partial charge in [0.15, 0.2) is 0 Å². The number of hydrogen-bond acceptors (Lipinski definition) is 3. The van der Waals surface area contributed by atoms with Crippen LogP contribution in [0, 0.1) is 13.8 Å². The van der Waals surface area contributed by atoms with Gasteiger partial charge in [0.1, 0.15) is 5.75 Å². The molecular formula is C17H22N2O3. The molecule has 0 unspecified atom stereocenters. The molecule has 0 fully saturated rings. The maximum atomic E-state index is 12.6. The molecular weight excluding hydrogens is 280 g/mol. The van der Waals surface area contributed by atoms with Gasteiger partial charge in [0.25, 0.3) is 5.56 Å². The first-order valence-electron chi connectivity index (χ1n) is 7.28. The van der Waals surface area contributed by atoms with Gasteiger partial charge in [-0.2, -0.15) is 0 Å². The van der Waals surface area contributed by atoms with Gasteiger partial charge in [0.05, 0.1) is 12.7 Å². The minimum Gasteiger partial charge on any atom is -0.496 e. The topological polar surface area (TPSA) is 53.2 Å². The van der Waals surface area contributed by atoms with Crippen LogP contribution in [0.1, 0.15) is 23.7 Å². The van der Waals surface area contributed by atoms with E-state index in [0.29, 0.717) is 17.0 Å². The van der Waals surface area contributed by atoms with E-state index in [0.717, 1.165) is 27.7 Å². The lowest BCUT2D eigenvalue weighted by Crippen LogP contribution is -2.39. The Balaban J connectivity index is 2.96. The second kappa shape index (κ2) is 5.83. The number of aryl methyl sites for hydroxylation is 1. The van der Waals surface area contributed by atoms with Crippen molar-refractivity contribution in [3.05, 3.63) is 49.8 Å². The van der Waals surface area contributed by atoms with Crippen LogP contribution >= 0.6 is 0 Å². The molecule has 0 aliphatic rings. The summed E-state index contributed by atoms with van der Waals surface area (Å²) in [7, 11) is 4.77. The smallest absolute Gasteiger partial charge is 0.330 e. The van der Waals surface area contributed by atoms with Gasteiger partial charge >= 0.3 is 5.69 Å². The number of aromatic nitrogens is 2. The van der Waals surface area contributed by atoms with Crippen LogP contribution in [0.25, 0.3) is 11.1 Å². The van der Waals surface area contributed by atoms with Crippen molar-refractivity contribution in [1.82, 2.24) is 9.13 Å². The number of methoxy groups -OCH3 is 1. The van der Waals surface area contributed by atoms with Gasteiger partial charge in [-0.15, -0.1) is 0 Å². The molecule has 5 nitrogen and oxygen atoms in total. The Hall–Kier alpha value is -2.30. The molecule has 0 saturated heterocycles. The van der Waals surface area contributed by atoms with Gasteiger partial charge in [-0.05, 0) is 31.4 Å². The van der Waals surface area contributed by atoms with Crippen molar-refractivity contribution in [2.24, 2.45) is 14.1 Å². The van der Waals surface area contributed by atoms with E-state index in [1.54, 1.807) is 21.1 Å². The Bertz CT molecular complexity index is 844. The molecule has 22 heavy (non-hydrogen) atoms. The lowest BCUT2D eigenvalue weighted by molar-refractivity contribution is 0.411. The van der Waals surface area contributed by atoms with Crippen LogP contribution in [0.2, 0.25) is 0 Å². The van der Waals surface area contributed by atoms with Crippen molar-refractivity contribution in [2.75, 3.05) is 7.11 Å². The maximum absolute atomic E-state index is 12.6. The molecule has 0 saturated carbocycles. The molecule has 0 spiro atoms. The van der Waals surface area contributed by atoms with Crippen LogP contribution in [0.3, 0.4) is 0 Å². The third kappa shape index (κ3) is 2.26. The predicted octanol–water partition coefficient (Wildman–Crippen LogP) is 1.94. The van der Waals surface area contributed by atoms with E-state index in [9.17, 15) is 9.59 Å². The fourth-order valence-corrected chi connectivity index (χ4v) is 2.85. The largest absolute Gasteiger partial charge is 0.496 e. The summed E-state index contributed by atoms with van der Waals surface area (Å²) >= 11 is 0. The summed E-state index contributed by atoms with van der Waals surface area (Å²) in [6.07, 6.45) is 0.813.